The standard InChI is InChI=1S/C20H17FN6OS/c1-12(2)27-18(24-25-26-27)14-4-3-5-15(10-14)19(28)23-20-22-17(11-29-20)13-6-8-16(21)9-7-13/h3-12H,1-2H3,(H,22,23,28). The second kappa shape index (κ2) is 7.88. The van der Waals surface area contributed by atoms with Crippen LogP contribution in [0.5, 0.6) is 0 Å². The SMILES string of the molecule is CC(C)n1nnnc1-c1cccc(C(=O)Nc2nc(-c3ccc(F)cc3)cs2)c1. The molecule has 0 aliphatic rings. The molecule has 2 aromatic heterocycles. The summed E-state index contributed by atoms with van der Waals surface area (Å²) in [7, 11) is 0. The Morgan fingerprint density at radius 3 is 2.69 bits per heavy atom. The fourth-order valence-electron chi connectivity index (χ4n) is 2.78. The van der Waals surface area contributed by atoms with E-state index in [1.807, 2.05) is 25.3 Å². The molecule has 0 radical (unpaired) electrons. The molecule has 2 aromatic carbocycles. The minimum absolute atomic E-state index is 0.0951. The second-order valence-corrected chi connectivity index (χ2v) is 7.48. The van der Waals surface area contributed by atoms with E-state index in [2.05, 4.69) is 25.8 Å². The van der Waals surface area contributed by atoms with Crippen molar-refractivity contribution >= 4 is 22.4 Å². The van der Waals surface area contributed by atoms with Crippen LogP contribution in [0.3, 0.4) is 0 Å². The molecule has 0 saturated heterocycles. The largest absolute Gasteiger partial charge is 0.298 e. The van der Waals surface area contributed by atoms with Crippen LogP contribution in [0.15, 0.2) is 53.9 Å². The first-order valence-corrected chi connectivity index (χ1v) is 9.80. The van der Waals surface area contributed by atoms with Gasteiger partial charge >= 0.3 is 0 Å². The number of rotatable bonds is 5. The molecule has 4 aromatic rings. The van der Waals surface area contributed by atoms with Crippen LogP contribution in [0.4, 0.5) is 9.52 Å². The first-order chi connectivity index (χ1) is 14.0. The molecule has 2 heterocycles. The Hall–Kier alpha value is -3.46. The first kappa shape index (κ1) is 18.9. The molecule has 0 spiro atoms. The van der Waals surface area contributed by atoms with E-state index in [1.54, 1.807) is 35.0 Å². The van der Waals surface area contributed by atoms with E-state index in [0.717, 1.165) is 11.1 Å². The van der Waals surface area contributed by atoms with Gasteiger partial charge in [-0.15, -0.1) is 16.4 Å². The molecule has 0 aliphatic carbocycles. The van der Waals surface area contributed by atoms with E-state index in [9.17, 15) is 9.18 Å². The Labute approximate surface area is 170 Å². The molecule has 1 N–H and O–H groups in total. The number of amides is 1. The third-order valence-corrected chi connectivity index (χ3v) is 4.99. The number of halogens is 1. The lowest BCUT2D eigenvalue weighted by Crippen LogP contribution is -2.12. The summed E-state index contributed by atoms with van der Waals surface area (Å²) < 4.78 is 14.8. The van der Waals surface area contributed by atoms with Gasteiger partial charge in [0.25, 0.3) is 5.91 Å². The summed E-state index contributed by atoms with van der Waals surface area (Å²) in [6.07, 6.45) is 0. The Morgan fingerprint density at radius 1 is 1.14 bits per heavy atom. The third-order valence-electron chi connectivity index (χ3n) is 4.23. The molecule has 0 bridgehead atoms. The van der Waals surface area contributed by atoms with E-state index in [4.69, 9.17) is 0 Å². The van der Waals surface area contributed by atoms with Crippen molar-refractivity contribution in [2.24, 2.45) is 0 Å². The third kappa shape index (κ3) is 4.04. The Kier molecular flexibility index (Phi) is 5.13. The fourth-order valence-corrected chi connectivity index (χ4v) is 3.50. The van der Waals surface area contributed by atoms with Gasteiger partial charge in [0.2, 0.25) is 0 Å². The van der Waals surface area contributed by atoms with Crippen LogP contribution >= 0.6 is 11.3 Å². The van der Waals surface area contributed by atoms with Crippen LogP contribution in [-0.4, -0.2) is 31.1 Å². The monoisotopic (exact) mass is 408 g/mol. The van der Waals surface area contributed by atoms with Crippen LogP contribution in [-0.2, 0) is 0 Å². The van der Waals surface area contributed by atoms with Gasteiger partial charge in [0.1, 0.15) is 5.82 Å². The zero-order valence-electron chi connectivity index (χ0n) is 15.7. The van der Waals surface area contributed by atoms with Gasteiger partial charge in [0, 0.05) is 22.1 Å². The molecule has 146 valence electrons. The van der Waals surface area contributed by atoms with Gasteiger partial charge in [-0.05, 0) is 60.7 Å². The van der Waals surface area contributed by atoms with E-state index < -0.39 is 0 Å². The van der Waals surface area contributed by atoms with Crippen molar-refractivity contribution in [3.8, 4) is 22.6 Å². The average molecular weight is 408 g/mol. The molecule has 29 heavy (non-hydrogen) atoms. The van der Waals surface area contributed by atoms with Gasteiger partial charge < -0.3 is 0 Å². The molecule has 0 saturated carbocycles. The molecule has 0 atom stereocenters. The Morgan fingerprint density at radius 2 is 1.93 bits per heavy atom. The lowest BCUT2D eigenvalue weighted by Gasteiger charge is -2.08. The van der Waals surface area contributed by atoms with Gasteiger partial charge in [-0.1, -0.05) is 12.1 Å². The van der Waals surface area contributed by atoms with Crippen molar-refractivity contribution in [2.75, 3.05) is 5.32 Å². The van der Waals surface area contributed by atoms with Crippen molar-refractivity contribution in [1.29, 1.82) is 0 Å². The quantitative estimate of drug-likeness (QED) is 0.528. The smallest absolute Gasteiger partial charge is 0.257 e. The van der Waals surface area contributed by atoms with Crippen molar-refractivity contribution in [2.45, 2.75) is 19.9 Å². The van der Waals surface area contributed by atoms with Crippen LogP contribution in [0.1, 0.15) is 30.2 Å². The van der Waals surface area contributed by atoms with E-state index in [-0.39, 0.29) is 17.8 Å². The summed E-state index contributed by atoms with van der Waals surface area (Å²) in [5.41, 5.74) is 2.68. The number of anilines is 1. The summed E-state index contributed by atoms with van der Waals surface area (Å²) in [6, 6.07) is 13.3. The number of nitrogens with one attached hydrogen (secondary N) is 1. The second-order valence-electron chi connectivity index (χ2n) is 6.62. The highest BCUT2D eigenvalue weighted by Crippen LogP contribution is 2.26. The van der Waals surface area contributed by atoms with Gasteiger partial charge in [-0.3, -0.25) is 10.1 Å². The molecule has 0 fully saturated rings. The highest BCUT2D eigenvalue weighted by atomic mass is 32.1. The Balaban J connectivity index is 1.54. The van der Waals surface area contributed by atoms with E-state index >= 15 is 0 Å². The number of hydrogen-bond donors (Lipinski definition) is 1. The van der Waals surface area contributed by atoms with Crippen LogP contribution in [0.25, 0.3) is 22.6 Å². The number of aromatic nitrogens is 5. The minimum Gasteiger partial charge on any atom is -0.298 e. The molecule has 7 nitrogen and oxygen atoms in total. The molecule has 9 heteroatoms. The first-order valence-electron chi connectivity index (χ1n) is 8.92. The lowest BCUT2D eigenvalue weighted by atomic mass is 10.1. The molecule has 4 rings (SSSR count). The normalized spacial score (nSPS) is 11.0. The van der Waals surface area contributed by atoms with E-state index in [0.29, 0.717) is 22.2 Å². The van der Waals surface area contributed by atoms with Gasteiger partial charge in [0.15, 0.2) is 11.0 Å². The molecule has 0 aliphatic heterocycles. The average Bonchev–Trinajstić information content (AvgIpc) is 3.38. The molecule has 1 amide bonds. The van der Waals surface area contributed by atoms with Crippen molar-refractivity contribution in [3.05, 3.63) is 65.3 Å². The number of carbonyl (C=O) groups excluding carboxylic acids is 1. The van der Waals surface area contributed by atoms with Crippen molar-refractivity contribution in [3.63, 3.8) is 0 Å². The maximum atomic E-state index is 13.1. The number of carbonyl (C=O) groups is 1. The number of tetrazole rings is 1. The van der Waals surface area contributed by atoms with Crippen molar-refractivity contribution in [1.82, 2.24) is 25.2 Å². The summed E-state index contributed by atoms with van der Waals surface area (Å²) >= 11 is 1.31. The topological polar surface area (TPSA) is 85.6 Å². The number of hydrogen-bond acceptors (Lipinski definition) is 6. The zero-order valence-corrected chi connectivity index (χ0v) is 16.5. The molecule has 0 unspecified atom stereocenters. The highest BCUT2D eigenvalue weighted by molar-refractivity contribution is 7.14. The molecular formula is C20H17FN6OS. The van der Waals surface area contributed by atoms with Crippen LogP contribution in [0.2, 0.25) is 0 Å². The van der Waals surface area contributed by atoms with Crippen LogP contribution < -0.4 is 5.32 Å². The minimum atomic E-state index is -0.305. The van der Waals surface area contributed by atoms with Crippen LogP contribution in [0, 0.1) is 5.82 Å². The summed E-state index contributed by atoms with van der Waals surface area (Å²) in [5.74, 6) is 0.0128. The summed E-state index contributed by atoms with van der Waals surface area (Å²) in [6.45, 7) is 3.97. The molecular weight excluding hydrogens is 391 g/mol. The number of nitrogens with zero attached hydrogens (tertiary/aromatic N) is 5. The maximum absolute atomic E-state index is 13.1. The zero-order chi connectivity index (χ0) is 20.4. The number of thiazole rings is 1. The fraction of sp³-hybridized carbons (Fsp3) is 0.150. The Bertz CT molecular complexity index is 1150. The van der Waals surface area contributed by atoms with Gasteiger partial charge in [0.05, 0.1) is 11.7 Å². The van der Waals surface area contributed by atoms with Gasteiger partial charge in [-0.2, -0.15) is 0 Å². The number of benzene rings is 2. The summed E-state index contributed by atoms with van der Waals surface area (Å²) in [4.78, 5) is 17.1. The van der Waals surface area contributed by atoms with Crippen molar-refractivity contribution < 1.29 is 9.18 Å². The summed E-state index contributed by atoms with van der Waals surface area (Å²) in [5, 5.41) is 16.9. The highest BCUT2D eigenvalue weighted by Gasteiger charge is 2.15. The predicted molar refractivity (Wildman–Crippen MR) is 109 cm³/mol. The maximum Gasteiger partial charge on any atom is 0.257 e. The van der Waals surface area contributed by atoms with Gasteiger partial charge in [-0.25, -0.2) is 14.1 Å². The predicted octanol–water partition coefficient (Wildman–Crippen LogP) is 4.44. The van der Waals surface area contributed by atoms with E-state index in [1.165, 1.54) is 23.5 Å². The lowest BCUT2D eigenvalue weighted by molar-refractivity contribution is 0.102.